The van der Waals surface area contributed by atoms with Crippen LogP contribution in [-0.2, 0) is 19.1 Å². The van der Waals surface area contributed by atoms with Crippen molar-refractivity contribution < 1.29 is 19.1 Å². The summed E-state index contributed by atoms with van der Waals surface area (Å²) in [6, 6.07) is -0.140. The van der Waals surface area contributed by atoms with Crippen molar-refractivity contribution in [3.63, 3.8) is 0 Å². The van der Waals surface area contributed by atoms with Crippen molar-refractivity contribution in [2.45, 2.75) is 85.7 Å². The van der Waals surface area contributed by atoms with Gasteiger partial charge in [0.15, 0.2) is 0 Å². The molecule has 0 aliphatic heterocycles. The van der Waals surface area contributed by atoms with Gasteiger partial charge >= 0.3 is 11.9 Å². The summed E-state index contributed by atoms with van der Waals surface area (Å²) in [7, 11) is 2.73. The Balaban J connectivity index is -0.000000356. The molecule has 0 saturated heterocycles. The zero-order valence-electron chi connectivity index (χ0n) is 18.4. The van der Waals surface area contributed by atoms with Crippen molar-refractivity contribution in [1.82, 2.24) is 0 Å². The van der Waals surface area contributed by atoms with Gasteiger partial charge in [-0.1, -0.05) is 55.7 Å². The smallest absolute Gasteiger partial charge is 0.348 e. The number of carbonyl (C=O) groups excluding carboxylic acids is 2. The van der Waals surface area contributed by atoms with E-state index in [9.17, 15) is 9.59 Å². The summed E-state index contributed by atoms with van der Waals surface area (Å²) in [5.74, 6) is -0.627. The minimum Gasteiger partial charge on any atom is -0.467 e. The van der Waals surface area contributed by atoms with Crippen LogP contribution in [0.2, 0.25) is 0 Å². The molecule has 7 heteroatoms. The first-order valence-corrected chi connectivity index (χ1v) is 11.0. The molecule has 27 heavy (non-hydrogen) atoms. The maximum Gasteiger partial charge on any atom is 0.348 e. The third-order valence-corrected chi connectivity index (χ3v) is 3.65. The van der Waals surface area contributed by atoms with Gasteiger partial charge in [-0.05, 0) is 45.0 Å². The second kappa shape index (κ2) is 23.0. The SMILES string of the molecule is CCCCC(N=C(C)C)C(=O)OC.CCCCI.COC(=O)C=NC(C)C. The average molecular weight is 498 g/mol. The second-order valence-electron chi connectivity index (χ2n) is 6.20. The van der Waals surface area contributed by atoms with Crippen LogP contribution in [0.3, 0.4) is 0 Å². The molecule has 0 heterocycles. The maximum atomic E-state index is 11.2. The van der Waals surface area contributed by atoms with Gasteiger partial charge in [-0.25, -0.2) is 9.59 Å². The van der Waals surface area contributed by atoms with Gasteiger partial charge in [0.1, 0.15) is 12.3 Å². The average Bonchev–Trinajstić information content (AvgIpc) is 2.63. The first kappa shape index (κ1) is 30.7. The highest BCUT2D eigenvalue weighted by molar-refractivity contribution is 14.1. The van der Waals surface area contributed by atoms with Crippen molar-refractivity contribution in [3.05, 3.63) is 0 Å². The predicted molar refractivity (Wildman–Crippen MR) is 124 cm³/mol. The molecule has 0 aliphatic carbocycles. The molecule has 0 amide bonds. The van der Waals surface area contributed by atoms with E-state index >= 15 is 0 Å². The largest absolute Gasteiger partial charge is 0.467 e. The zero-order chi connectivity index (χ0) is 21.7. The zero-order valence-corrected chi connectivity index (χ0v) is 20.5. The summed E-state index contributed by atoms with van der Waals surface area (Å²) < 4.78 is 10.3. The minimum absolute atomic E-state index is 0.157. The number of methoxy groups -OCH3 is 2. The van der Waals surface area contributed by atoms with E-state index in [1.54, 1.807) is 0 Å². The monoisotopic (exact) mass is 498 g/mol. The topological polar surface area (TPSA) is 77.3 Å². The summed E-state index contributed by atoms with van der Waals surface area (Å²) in [5.41, 5.74) is 0.923. The molecule has 0 aromatic carbocycles. The van der Waals surface area contributed by atoms with Crippen LogP contribution >= 0.6 is 22.6 Å². The van der Waals surface area contributed by atoms with E-state index in [4.69, 9.17) is 0 Å². The highest BCUT2D eigenvalue weighted by atomic mass is 127. The molecule has 0 aromatic rings. The number of nitrogens with zero attached hydrogens (tertiary/aromatic N) is 2. The molecule has 0 rings (SSSR count). The summed E-state index contributed by atoms with van der Waals surface area (Å²) in [6.45, 7) is 11.9. The van der Waals surface area contributed by atoms with Crippen LogP contribution in [0.5, 0.6) is 0 Å². The number of halogens is 1. The lowest BCUT2D eigenvalue weighted by atomic mass is 10.1. The molecule has 0 bridgehead atoms. The van der Waals surface area contributed by atoms with Gasteiger partial charge in [-0.3, -0.25) is 9.98 Å². The van der Waals surface area contributed by atoms with E-state index in [1.807, 2.05) is 27.7 Å². The predicted octanol–water partition coefficient (Wildman–Crippen LogP) is 5.06. The normalized spacial score (nSPS) is 10.9. The van der Waals surface area contributed by atoms with Gasteiger partial charge in [-0.15, -0.1) is 0 Å². The molecule has 160 valence electrons. The molecular weight excluding hydrogens is 459 g/mol. The van der Waals surface area contributed by atoms with E-state index in [1.165, 1.54) is 37.7 Å². The van der Waals surface area contributed by atoms with E-state index < -0.39 is 5.97 Å². The van der Waals surface area contributed by atoms with E-state index in [0.29, 0.717) is 0 Å². The lowest BCUT2D eigenvalue weighted by Crippen LogP contribution is -2.21. The van der Waals surface area contributed by atoms with Crippen LogP contribution in [0.15, 0.2) is 9.98 Å². The molecule has 0 radical (unpaired) electrons. The molecule has 6 nitrogen and oxygen atoms in total. The van der Waals surface area contributed by atoms with Crippen molar-refractivity contribution in [3.8, 4) is 0 Å². The van der Waals surface area contributed by atoms with Gasteiger partial charge in [0.2, 0.25) is 0 Å². The van der Waals surface area contributed by atoms with Crippen LogP contribution in [0.25, 0.3) is 0 Å². The lowest BCUT2D eigenvalue weighted by Gasteiger charge is -2.09. The Hall–Kier alpha value is -0.990. The summed E-state index contributed by atoms with van der Waals surface area (Å²) in [6.07, 6.45) is 6.77. The third-order valence-electron chi connectivity index (χ3n) is 2.88. The van der Waals surface area contributed by atoms with E-state index in [0.717, 1.165) is 25.0 Å². The molecule has 0 aliphatic rings. The highest BCUT2D eigenvalue weighted by Crippen LogP contribution is 2.06. The van der Waals surface area contributed by atoms with Gasteiger partial charge in [0, 0.05) is 11.8 Å². The number of unbranched alkanes of at least 4 members (excludes halogenated alkanes) is 2. The Morgan fingerprint density at radius 2 is 1.59 bits per heavy atom. The minimum atomic E-state index is -0.399. The molecule has 0 fully saturated rings. The van der Waals surface area contributed by atoms with Crippen LogP contribution < -0.4 is 0 Å². The number of carbonyl (C=O) groups is 2. The summed E-state index contributed by atoms with van der Waals surface area (Å²) in [4.78, 5) is 29.6. The standard InChI is InChI=1S/C10H19NO2.C6H11NO2.C4H9I/c1-5-6-7-9(10(12)13-4)11-8(2)3;1-5(2)7-4-6(8)9-3;1-2-3-4-5/h9H,5-7H2,1-4H3;4-5H,1-3H3;2-4H2,1H3. The molecule has 0 spiro atoms. The lowest BCUT2D eigenvalue weighted by molar-refractivity contribution is -0.142. The van der Waals surface area contributed by atoms with Crippen molar-refractivity contribution in [1.29, 1.82) is 0 Å². The number of ether oxygens (including phenoxy) is 2. The molecule has 0 saturated carbocycles. The highest BCUT2D eigenvalue weighted by Gasteiger charge is 2.16. The fourth-order valence-corrected chi connectivity index (χ4v) is 2.24. The summed E-state index contributed by atoms with van der Waals surface area (Å²) >= 11 is 2.39. The number of hydrogen-bond acceptors (Lipinski definition) is 6. The Labute approximate surface area is 179 Å². The third kappa shape index (κ3) is 27.3. The van der Waals surface area contributed by atoms with Crippen LogP contribution in [0.4, 0.5) is 0 Å². The fourth-order valence-electron chi connectivity index (χ4n) is 1.48. The van der Waals surface area contributed by atoms with Gasteiger partial charge in [0.25, 0.3) is 0 Å². The quantitative estimate of drug-likeness (QED) is 0.193. The maximum absolute atomic E-state index is 11.2. The number of esters is 2. The Morgan fingerprint density at radius 3 is 1.89 bits per heavy atom. The Kier molecular flexibility index (Phi) is 26.2. The number of rotatable bonds is 9. The fraction of sp³-hybridized carbons (Fsp3) is 0.800. The van der Waals surface area contributed by atoms with Gasteiger partial charge in [-0.2, -0.15) is 0 Å². The molecular formula is C20H39IN2O4. The van der Waals surface area contributed by atoms with Crippen molar-refractivity contribution >= 4 is 46.5 Å². The van der Waals surface area contributed by atoms with Crippen LogP contribution in [0, 0.1) is 0 Å². The van der Waals surface area contributed by atoms with Crippen LogP contribution in [-0.4, -0.2) is 54.6 Å². The van der Waals surface area contributed by atoms with Crippen molar-refractivity contribution in [2.75, 3.05) is 18.6 Å². The number of aliphatic imine (C=N–C) groups is 2. The number of alkyl halides is 1. The number of hydrogen-bond donors (Lipinski definition) is 0. The second-order valence-corrected chi connectivity index (χ2v) is 7.27. The first-order chi connectivity index (χ1) is 12.7. The van der Waals surface area contributed by atoms with Gasteiger partial charge in [0.05, 0.1) is 14.2 Å². The molecule has 0 N–H and O–H groups in total. The Morgan fingerprint density at radius 1 is 1.04 bits per heavy atom. The first-order valence-electron chi connectivity index (χ1n) is 9.45. The molecule has 1 atom stereocenters. The molecule has 0 aromatic heterocycles. The van der Waals surface area contributed by atoms with Crippen LogP contribution in [0.1, 0.15) is 73.6 Å². The van der Waals surface area contributed by atoms with Crippen molar-refractivity contribution in [2.24, 2.45) is 9.98 Å². The Bertz CT molecular complexity index is 418. The van der Waals surface area contributed by atoms with E-state index in [-0.39, 0.29) is 18.1 Å². The summed E-state index contributed by atoms with van der Waals surface area (Å²) in [5, 5.41) is 0. The van der Waals surface area contributed by atoms with E-state index in [2.05, 4.69) is 55.9 Å². The van der Waals surface area contributed by atoms with Gasteiger partial charge < -0.3 is 9.47 Å². The molecule has 1 unspecified atom stereocenters.